The maximum absolute atomic E-state index is 13.4. The molecular formula is C41H66F2. The number of rotatable bonds is 6. The third kappa shape index (κ3) is 8.82. The van der Waals surface area contributed by atoms with E-state index in [0.717, 1.165) is 59.8 Å². The van der Waals surface area contributed by atoms with Gasteiger partial charge in [0.1, 0.15) is 0 Å². The van der Waals surface area contributed by atoms with Gasteiger partial charge in [-0.2, -0.15) is 0 Å². The van der Waals surface area contributed by atoms with Crippen molar-refractivity contribution in [1.29, 1.82) is 0 Å². The maximum atomic E-state index is 13.4. The highest BCUT2D eigenvalue weighted by Gasteiger charge is 2.32. The molecule has 244 valence electrons. The van der Waals surface area contributed by atoms with Crippen LogP contribution in [-0.2, 0) is 0 Å². The molecule has 0 amide bonds. The molecular weight excluding hydrogens is 530 g/mol. The summed E-state index contributed by atoms with van der Waals surface area (Å²) >= 11 is 0. The van der Waals surface area contributed by atoms with Crippen LogP contribution in [0.1, 0.15) is 150 Å². The maximum Gasteiger partial charge on any atom is 0.159 e. The zero-order valence-electron chi connectivity index (χ0n) is 27.2. The Hall–Kier alpha value is -1.96. The summed E-state index contributed by atoms with van der Waals surface area (Å²) in [5.74, 6) is 5.43. The van der Waals surface area contributed by atoms with Gasteiger partial charge >= 0.3 is 0 Å². The second kappa shape index (κ2) is 15.9. The summed E-state index contributed by atoms with van der Waals surface area (Å²) in [6, 6.07) is 13.7. The van der Waals surface area contributed by atoms with E-state index in [9.17, 15) is 8.78 Å². The lowest BCUT2D eigenvalue weighted by Gasteiger charge is -2.38. The minimum Gasteiger partial charge on any atom is -0.204 e. The monoisotopic (exact) mass is 597 g/mol. The van der Waals surface area contributed by atoms with Gasteiger partial charge in [-0.3, -0.25) is 0 Å². The highest BCUT2D eigenvalue weighted by atomic mass is 19.2. The normalized spacial score (nSPS) is 33.2. The molecule has 2 heteroatoms. The van der Waals surface area contributed by atoms with Crippen molar-refractivity contribution in [3.8, 4) is 0 Å². The predicted molar refractivity (Wildman–Crippen MR) is 187 cm³/mol. The van der Waals surface area contributed by atoms with E-state index in [4.69, 9.17) is 0 Å². The lowest BCUT2D eigenvalue weighted by Crippen LogP contribution is -2.25. The van der Waals surface area contributed by atoms with Gasteiger partial charge in [-0.05, 0) is 167 Å². The van der Waals surface area contributed by atoms with Crippen molar-refractivity contribution in [2.75, 3.05) is 0 Å². The van der Waals surface area contributed by atoms with Gasteiger partial charge in [0, 0.05) is 5.71 Å². The molecule has 0 aromatic heterocycles. The number of benzene rings is 2. The molecule has 4 aliphatic carbocycles. The van der Waals surface area contributed by atoms with E-state index in [0.29, 0.717) is 5.92 Å². The third-order valence-electron chi connectivity index (χ3n) is 12.5. The lowest BCUT2D eigenvalue weighted by molar-refractivity contribution is 0.158. The molecule has 0 bridgehead atoms. The van der Waals surface area contributed by atoms with E-state index in [1.54, 1.807) is 11.6 Å². The van der Waals surface area contributed by atoms with E-state index in [2.05, 4.69) is 50.8 Å². The Balaban J connectivity index is 0.000000433. The quantitative estimate of drug-likeness (QED) is 0.291. The standard InChI is InChI=1S/C21H30.C20H28F2.4H2/c1-3-17-6-10-19(11-7-17)21-14-12-20(13-15-21)18-8-4-16(2)5-9-18;1-2-14-3-5-15(6-4-14)16-7-9-17(10-8-16)18-11-12-19(21)20(22)13-18;;;;/h3-5,8-9,17,19-21H,1,6-7,10-15H2,2H3;11-17H,2-10H2,1H3;4*1H. The Morgan fingerprint density at radius 3 is 1.51 bits per heavy atom. The van der Waals surface area contributed by atoms with Crippen molar-refractivity contribution < 1.29 is 14.5 Å². The van der Waals surface area contributed by atoms with E-state index < -0.39 is 11.6 Å². The molecule has 0 heterocycles. The number of allylic oxidation sites excluding steroid dienone is 1. The molecule has 6 rings (SSSR count). The first-order valence-corrected chi connectivity index (χ1v) is 18.1. The average molecular weight is 597 g/mol. The topological polar surface area (TPSA) is 0 Å². The Morgan fingerprint density at radius 1 is 0.605 bits per heavy atom. The van der Waals surface area contributed by atoms with E-state index in [1.807, 2.05) is 0 Å². The summed E-state index contributed by atoms with van der Waals surface area (Å²) in [6.07, 6.45) is 25.5. The van der Waals surface area contributed by atoms with Crippen LogP contribution in [0.2, 0.25) is 0 Å². The molecule has 2 aromatic carbocycles. The van der Waals surface area contributed by atoms with Gasteiger partial charge in [0.2, 0.25) is 0 Å². The fraction of sp³-hybridized carbons (Fsp3) is 0.659. The van der Waals surface area contributed by atoms with Crippen molar-refractivity contribution >= 4 is 0 Å². The van der Waals surface area contributed by atoms with Crippen molar-refractivity contribution in [2.45, 2.75) is 135 Å². The Kier molecular flexibility index (Phi) is 12.0. The second-order valence-electron chi connectivity index (χ2n) is 14.9. The minimum absolute atomic E-state index is 0. The highest BCUT2D eigenvalue weighted by Crippen LogP contribution is 2.45. The molecule has 0 N–H and O–H groups in total. The van der Waals surface area contributed by atoms with Crippen LogP contribution in [0.4, 0.5) is 8.78 Å². The fourth-order valence-electron chi connectivity index (χ4n) is 9.37. The Labute approximate surface area is 268 Å². The van der Waals surface area contributed by atoms with Crippen LogP contribution in [-0.4, -0.2) is 0 Å². The Morgan fingerprint density at radius 2 is 1.05 bits per heavy atom. The largest absolute Gasteiger partial charge is 0.204 e. The van der Waals surface area contributed by atoms with Crippen LogP contribution in [0.5, 0.6) is 0 Å². The van der Waals surface area contributed by atoms with E-state index >= 15 is 0 Å². The molecule has 43 heavy (non-hydrogen) atoms. The lowest BCUT2D eigenvalue weighted by atomic mass is 9.68. The second-order valence-corrected chi connectivity index (χ2v) is 14.9. The van der Waals surface area contributed by atoms with Gasteiger partial charge in [0.15, 0.2) is 11.6 Å². The van der Waals surface area contributed by atoms with Gasteiger partial charge in [-0.15, -0.1) is 6.58 Å². The Bertz CT molecular complexity index is 1120. The first kappa shape index (κ1) is 32.4. The molecule has 2 aromatic rings. The molecule has 0 spiro atoms. The average Bonchev–Trinajstić information content (AvgIpc) is 3.07. The first-order chi connectivity index (χ1) is 20.9. The van der Waals surface area contributed by atoms with Gasteiger partial charge < -0.3 is 0 Å². The minimum atomic E-state index is -0.731. The van der Waals surface area contributed by atoms with Gasteiger partial charge in [0.05, 0.1) is 0 Å². The van der Waals surface area contributed by atoms with Crippen LogP contribution in [0.15, 0.2) is 55.1 Å². The SMILES string of the molecule is C=CC1CCC(C2CCC(c3ccc(C)cc3)CC2)CC1.CCC1CCC(C2CCC(c3ccc(F)c(F)c3)CC2)CC1.[HH].[HH].[HH].[HH]. The summed E-state index contributed by atoms with van der Waals surface area (Å²) in [5.41, 5.74) is 3.95. The first-order valence-electron chi connectivity index (χ1n) is 18.1. The highest BCUT2D eigenvalue weighted by molar-refractivity contribution is 5.25. The molecule has 4 aliphatic rings. The van der Waals surface area contributed by atoms with Gasteiger partial charge in [-0.1, -0.05) is 68.2 Å². The van der Waals surface area contributed by atoms with Crippen LogP contribution in [0, 0.1) is 54.1 Å². The van der Waals surface area contributed by atoms with Crippen molar-refractivity contribution in [3.63, 3.8) is 0 Å². The summed E-state index contributed by atoms with van der Waals surface area (Å²) < 4.78 is 26.5. The molecule has 0 radical (unpaired) electrons. The zero-order valence-corrected chi connectivity index (χ0v) is 27.2. The third-order valence-corrected chi connectivity index (χ3v) is 12.5. The fourth-order valence-corrected chi connectivity index (χ4v) is 9.37. The van der Waals surface area contributed by atoms with Crippen molar-refractivity contribution in [3.05, 3.63) is 83.4 Å². The zero-order chi connectivity index (χ0) is 30.2. The van der Waals surface area contributed by atoms with E-state index in [1.165, 1.54) is 114 Å². The van der Waals surface area contributed by atoms with Crippen LogP contribution >= 0.6 is 0 Å². The summed E-state index contributed by atoms with van der Waals surface area (Å²) in [7, 11) is 0. The number of hydrogen-bond acceptors (Lipinski definition) is 0. The van der Waals surface area contributed by atoms with Crippen LogP contribution < -0.4 is 0 Å². The number of halogens is 2. The number of hydrogen-bond donors (Lipinski definition) is 0. The molecule has 4 saturated carbocycles. The van der Waals surface area contributed by atoms with Crippen molar-refractivity contribution in [2.24, 2.45) is 35.5 Å². The molecule has 0 unspecified atom stereocenters. The summed E-state index contributed by atoms with van der Waals surface area (Å²) in [5, 5.41) is 0. The smallest absolute Gasteiger partial charge is 0.159 e. The summed E-state index contributed by atoms with van der Waals surface area (Å²) in [4.78, 5) is 0. The molecule has 0 nitrogen and oxygen atoms in total. The van der Waals surface area contributed by atoms with Crippen LogP contribution in [0.25, 0.3) is 0 Å². The molecule has 4 fully saturated rings. The van der Waals surface area contributed by atoms with Crippen LogP contribution in [0.3, 0.4) is 0 Å². The summed E-state index contributed by atoms with van der Waals surface area (Å²) in [6.45, 7) is 8.47. The van der Waals surface area contributed by atoms with Crippen molar-refractivity contribution in [1.82, 2.24) is 0 Å². The predicted octanol–water partition coefficient (Wildman–Crippen LogP) is 13.7. The molecule has 0 atom stereocenters. The number of aryl methyl sites for hydroxylation is 1. The van der Waals surface area contributed by atoms with Gasteiger partial charge in [-0.25, -0.2) is 8.78 Å². The molecule has 0 aliphatic heterocycles. The van der Waals surface area contributed by atoms with E-state index in [-0.39, 0.29) is 5.71 Å². The molecule has 0 saturated heterocycles. The van der Waals surface area contributed by atoms with Gasteiger partial charge in [0.25, 0.3) is 0 Å².